The van der Waals surface area contributed by atoms with Crippen molar-refractivity contribution in [2.75, 3.05) is 12.0 Å². The topological polar surface area (TPSA) is 85.0 Å². The monoisotopic (exact) mass is 399 g/mol. The average molecular weight is 399 g/mol. The molecular formula is C23H17N3O4. The van der Waals surface area contributed by atoms with Gasteiger partial charge >= 0.3 is 0 Å². The number of carbonyl (C=O) groups excluding carboxylic acids is 1. The summed E-state index contributed by atoms with van der Waals surface area (Å²) >= 11 is 0. The maximum Gasteiger partial charge on any atom is 0.282 e. The summed E-state index contributed by atoms with van der Waals surface area (Å²) in [5.41, 5.74) is 2.35. The normalized spacial score (nSPS) is 14.7. The third-order valence-electron chi connectivity index (χ3n) is 4.63. The summed E-state index contributed by atoms with van der Waals surface area (Å²) in [7, 11) is 1.59. The first kappa shape index (κ1) is 19.1. The van der Waals surface area contributed by atoms with Crippen molar-refractivity contribution in [1.29, 1.82) is 0 Å². The number of carbonyl (C=O) groups is 1. The van der Waals surface area contributed by atoms with Crippen LogP contribution in [0.15, 0.2) is 89.6 Å². The SMILES string of the molecule is COc1ccc(C2=N/C(=C/c3ccc([N+](=O)[O-])cc3)C(=O)N2c2ccccc2)cc1. The molecule has 3 aromatic carbocycles. The van der Waals surface area contributed by atoms with E-state index in [9.17, 15) is 14.9 Å². The molecule has 1 aliphatic heterocycles. The van der Waals surface area contributed by atoms with Gasteiger partial charge < -0.3 is 4.74 Å². The van der Waals surface area contributed by atoms with Crippen LogP contribution in [0.25, 0.3) is 6.08 Å². The Bertz CT molecular complexity index is 1150. The standard InChI is InChI=1S/C23H17N3O4/c1-30-20-13-9-17(10-14-20)22-24-21(15-16-7-11-19(12-8-16)26(28)29)23(27)25(22)18-5-3-2-4-6-18/h2-15H,1H3/b21-15+. The lowest BCUT2D eigenvalue weighted by atomic mass is 10.1. The van der Waals surface area contributed by atoms with Gasteiger partial charge in [0.2, 0.25) is 0 Å². The van der Waals surface area contributed by atoms with Crippen LogP contribution in [0.5, 0.6) is 5.75 Å². The highest BCUT2D eigenvalue weighted by atomic mass is 16.6. The van der Waals surface area contributed by atoms with Crippen LogP contribution < -0.4 is 9.64 Å². The largest absolute Gasteiger partial charge is 0.497 e. The van der Waals surface area contributed by atoms with Gasteiger partial charge in [0.1, 0.15) is 17.3 Å². The second kappa shape index (κ2) is 8.00. The molecule has 0 atom stereocenters. The van der Waals surface area contributed by atoms with E-state index in [1.165, 1.54) is 12.1 Å². The lowest BCUT2D eigenvalue weighted by Crippen LogP contribution is -2.32. The molecule has 148 valence electrons. The van der Waals surface area contributed by atoms with Gasteiger partial charge in [-0.05, 0) is 60.2 Å². The summed E-state index contributed by atoms with van der Waals surface area (Å²) < 4.78 is 5.21. The van der Waals surface area contributed by atoms with E-state index in [4.69, 9.17) is 4.74 Å². The predicted molar refractivity (Wildman–Crippen MR) is 115 cm³/mol. The number of benzene rings is 3. The summed E-state index contributed by atoms with van der Waals surface area (Å²) in [6, 6.07) is 22.5. The van der Waals surface area contributed by atoms with Crippen LogP contribution in [0.1, 0.15) is 11.1 Å². The fraction of sp³-hybridized carbons (Fsp3) is 0.0435. The zero-order valence-corrected chi connectivity index (χ0v) is 16.1. The van der Waals surface area contributed by atoms with E-state index >= 15 is 0 Å². The van der Waals surface area contributed by atoms with Gasteiger partial charge in [-0.2, -0.15) is 0 Å². The van der Waals surface area contributed by atoms with E-state index in [2.05, 4.69) is 4.99 Å². The van der Waals surface area contributed by atoms with Gasteiger partial charge in [0.25, 0.3) is 11.6 Å². The quantitative estimate of drug-likeness (QED) is 0.361. The van der Waals surface area contributed by atoms with Crippen LogP contribution in [0.2, 0.25) is 0 Å². The summed E-state index contributed by atoms with van der Waals surface area (Å²) in [6.45, 7) is 0. The van der Waals surface area contributed by atoms with Crippen LogP contribution in [0.4, 0.5) is 11.4 Å². The van der Waals surface area contributed by atoms with Crippen molar-refractivity contribution in [2.45, 2.75) is 0 Å². The minimum absolute atomic E-state index is 0.0109. The van der Waals surface area contributed by atoms with Crippen molar-refractivity contribution in [2.24, 2.45) is 4.99 Å². The number of nitro groups is 1. The van der Waals surface area contributed by atoms with Crippen LogP contribution in [0.3, 0.4) is 0 Å². The fourth-order valence-electron chi connectivity index (χ4n) is 3.12. The van der Waals surface area contributed by atoms with Crippen molar-refractivity contribution >= 4 is 29.2 Å². The highest BCUT2D eigenvalue weighted by Crippen LogP contribution is 2.28. The molecule has 0 fully saturated rings. The third-order valence-corrected chi connectivity index (χ3v) is 4.63. The summed E-state index contributed by atoms with van der Waals surface area (Å²) in [4.78, 5) is 29.7. The number of ether oxygens (including phenoxy) is 1. The lowest BCUT2D eigenvalue weighted by Gasteiger charge is -2.18. The Kier molecular flexibility index (Phi) is 5.09. The number of rotatable bonds is 5. The van der Waals surface area contributed by atoms with Crippen molar-refractivity contribution in [3.63, 3.8) is 0 Å². The van der Waals surface area contributed by atoms with Gasteiger partial charge in [-0.25, -0.2) is 4.99 Å². The number of methoxy groups -OCH3 is 1. The molecule has 4 rings (SSSR count). The number of hydrogen-bond donors (Lipinski definition) is 0. The number of non-ortho nitro benzene ring substituents is 1. The minimum Gasteiger partial charge on any atom is -0.497 e. The molecule has 30 heavy (non-hydrogen) atoms. The second-order valence-electron chi connectivity index (χ2n) is 6.52. The van der Waals surface area contributed by atoms with Gasteiger partial charge in [0.05, 0.1) is 17.7 Å². The van der Waals surface area contributed by atoms with Crippen LogP contribution in [-0.4, -0.2) is 23.8 Å². The van der Waals surface area contributed by atoms with E-state index in [1.54, 1.807) is 30.2 Å². The molecule has 0 N–H and O–H groups in total. The maximum atomic E-state index is 13.2. The minimum atomic E-state index is -0.464. The Morgan fingerprint density at radius 1 is 0.967 bits per heavy atom. The van der Waals surface area contributed by atoms with Gasteiger partial charge in [-0.1, -0.05) is 18.2 Å². The summed E-state index contributed by atoms with van der Waals surface area (Å²) in [5.74, 6) is 0.934. The smallest absolute Gasteiger partial charge is 0.282 e. The van der Waals surface area contributed by atoms with Gasteiger partial charge in [0, 0.05) is 17.7 Å². The molecule has 3 aromatic rings. The molecule has 0 saturated heterocycles. The van der Waals surface area contributed by atoms with E-state index in [0.29, 0.717) is 22.8 Å². The number of nitro benzene ring substituents is 1. The summed E-state index contributed by atoms with van der Waals surface area (Å²) in [5, 5.41) is 10.9. The molecule has 0 saturated carbocycles. The Hall–Kier alpha value is -4.26. The molecule has 1 amide bonds. The average Bonchev–Trinajstić information content (AvgIpc) is 3.10. The molecule has 0 unspecified atom stereocenters. The third kappa shape index (κ3) is 3.68. The number of hydrogen-bond acceptors (Lipinski definition) is 5. The Morgan fingerprint density at radius 3 is 2.23 bits per heavy atom. The van der Waals surface area contributed by atoms with Gasteiger partial charge in [-0.3, -0.25) is 19.8 Å². The van der Waals surface area contributed by atoms with E-state index < -0.39 is 4.92 Å². The van der Waals surface area contributed by atoms with Crippen LogP contribution >= 0.6 is 0 Å². The Labute approximate surface area is 172 Å². The molecule has 7 heteroatoms. The molecule has 0 radical (unpaired) electrons. The highest BCUT2D eigenvalue weighted by molar-refractivity contribution is 6.33. The van der Waals surface area contributed by atoms with E-state index in [0.717, 1.165) is 5.56 Å². The molecule has 1 aliphatic rings. The molecule has 0 spiro atoms. The van der Waals surface area contributed by atoms with Crippen LogP contribution in [0, 0.1) is 10.1 Å². The van der Waals surface area contributed by atoms with Crippen LogP contribution in [-0.2, 0) is 4.79 Å². The molecule has 7 nitrogen and oxygen atoms in total. The van der Waals surface area contributed by atoms with Gasteiger partial charge in [-0.15, -0.1) is 0 Å². The molecular weight excluding hydrogens is 382 g/mol. The molecule has 0 bridgehead atoms. The van der Waals surface area contributed by atoms with E-state index in [-0.39, 0.29) is 17.3 Å². The number of aliphatic imine (C=N–C) groups is 1. The zero-order chi connectivity index (χ0) is 21.1. The van der Waals surface area contributed by atoms with Gasteiger partial charge in [0.15, 0.2) is 0 Å². The number of para-hydroxylation sites is 1. The number of amidine groups is 1. The summed E-state index contributed by atoms with van der Waals surface area (Å²) in [6.07, 6.45) is 1.62. The Balaban J connectivity index is 1.76. The molecule has 1 heterocycles. The first-order valence-electron chi connectivity index (χ1n) is 9.15. The highest BCUT2D eigenvalue weighted by Gasteiger charge is 2.32. The fourth-order valence-corrected chi connectivity index (χ4v) is 3.12. The number of amides is 1. The number of anilines is 1. The maximum absolute atomic E-state index is 13.2. The Morgan fingerprint density at radius 2 is 1.63 bits per heavy atom. The molecule has 0 aromatic heterocycles. The first-order valence-corrected chi connectivity index (χ1v) is 9.15. The lowest BCUT2D eigenvalue weighted by molar-refractivity contribution is -0.384. The van der Waals surface area contributed by atoms with E-state index in [1.807, 2.05) is 54.6 Å². The molecule has 0 aliphatic carbocycles. The second-order valence-corrected chi connectivity index (χ2v) is 6.52. The number of nitrogens with zero attached hydrogens (tertiary/aromatic N) is 3. The first-order chi connectivity index (χ1) is 14.6. The zero-order valence-electron chi connectivity index (χ0n) is 16.1. The van der Waals surface area contributed by atoms with Crippen molar-refractivity contribution in [3.05, 3.63) is 106 Å². The van der Waals surface area contributed by atoms with Crippen molar-refractivity contribution < 1.29 is 14.5 Å². The van der Waals surface area contributed by atoms with Crippen molar-refractivity contribution in [3.8, 4) is 5.75 Å². The van der Waals surface area contributed by atoms with Crippen molar-refractivity contribution in [1.82, 2.24) is 0 Å². The predicted octanol–water partition coefficient (Wildman–Crippen LogP) is 4.44.